The molecule has 0 aliphatic rings. The summed E-state index contributed by atoms with van der Waals surface area (Å²) in [6.07, 6.45) is 0. The monoisotopic (exact) mass is 384 g/mol. The lowest BCUT2D eigenvalue weighted by molar-refractivity contribution is 0.101. The number of aryl methyl sites for hydroxylation is 2. The fourth-order valence-electron chi connectivity index (χ4n) is 2.36. The maximum Gasteiger partial charge on any atom is 0.265 e. The van der Waals surface area contributed by atoms with Gasteiger partial charge in [-0.2, -0.15) is 0 Å². The van der Waals surface area contributed by atoms with E-state index < -0.39 is 0 Å². The second kappa shape index (κ2) is 7.72. The predicted octanol–water partition coefficient (Wildman–Crippen LogP) is 5.52. The molecule has 6 heteroatoms. The first-order chi connectivity index (χ1) is 12.4. The van der Waals surface area contributed by atoms with Crippen LogP contribution in [0.25, 0.3) is 0 Å². The van der Waals surface area contributed by atoms with Gasteiger partial charge in [-0.05, 0) is 55.8 Å². The van der Waals surface area contributed by atoms with Crippen molar-refractivity contribution >= 4 is 46.1 Å². The van der Waals surface area contributed by atoms with Crippen LogP contribution in [0.1, 0.15) is 30.5 Å². The van der Waals surface area contributed by atoms with Gasteiger partial charge in [0, 0.05) is 16.1 Å². The summed E-state index contributed by atoms with van der Waals surface area (Å²) in [7, 11) is 0. The SMILES string of the molecule is Cc1cc(C(=O)Nc2cc(C(=O)Nc3ccccc3)ccc2Cl)sc1C. The van der Waals surface area contributed by atoms with Gasteiger partial charge in [0.05, 0.1) is 15.6 Å². The molecule has 0 unspecified atom stereocenters. The van der Waals surface area contributed by atoms with Crippen LogP contribution in [0, 0.1) is 13.8 Å². The van der Waals surface area contributed by atoms with Gasteiger partial charge in [-0.25, -0.2) is 0 Å². The molecule has 0 aliphatic carbocycles. The maximum absolute atomic E-state index is 12.4. The summed E-state index contributed by atoms with van der Waals surface area (Å²) >= 11 is 7.61. The Labute approximate surface area is 160 Å². The van der Waals surface area contributed by atoms with Crippen molar-refractivity contribution in [3.8, 4) is 0 Å². The quantitative estimate of drug-likeness (QED) is 0.621. The van der Waals surface area contributed by atoms with Gasteiger partial charge in [0.15, 0.2) is 0 Å². The normalized spacial score (nSPS) is 10.4. The third-order valence-corrected chi connectivity index (χ3v) is 5.38. The number of hydrogen-bond acceptors (Lipinski definition) is 3. The van der Waals surface area contributed by atoms with E-state index in [1.165, 1.54) is 11.3 Å². The molecule has 2 aromatic carbocycles. The maximum atomic E-state index is 12.4. The summed E-state index contributed by atoms with van der Waals surface area (Å²) in [4.78, 5) is 26.6. The van der Waals surface area contributed by atoms with Crippen LogP contribution in [-0.4, -0.2) is 11.8 Å². The minimum Gasteiger partial charge on any atom is -0.322 e. The molecule has 0 saturated heterocycles. The number of amides is 2. The molecular formula is C20H17ClN2O2S. The Morgan fingerprint density at radius 2 is 1.65 bits per heavy atom. The van der Waals surface area contributed by atoms with E-state index in [0.29, 0.717) is 26.8 Å². The van der Waals surface area contributed by atoms with Crippen molar-refractivity contribution in [3.63, 3.8) is 0 Å². The summed E-state index contributed by atoms with van der Waals surface area (Å²) in [5.41, 5.74) is 2.58. The van der Waals surface area contributed by atoms with Gasteiger partial charge >= 0.3 is 0 Å². The number of thiophene rings is 1. The number of carbonyl (C=O) groups is 2. The molecule has 1 heterocycles. The van der Waals surface area contributed by atoms with Crippen molar-refractivity contribution < 1.29 is 9.59 Å². The van der Waals surface area contributed by atoms with Crippen LogP contribution in [0.15, 0.2) is 54.6 Å². The molecule has 3 rings (SSSR count). The molecule has 2 N–H and O–H groups in total. The molecule has 132 valence electrons. The molecule has 0 saturated carbocycles. The second-order valence-electron chi connectivity index (χ2n) is 5.82. The van der Waals surface area contributed by atoms with Crippen LogP contribution in [0.2, 0.25) is 5.02 Å². The van der Waals surface area contributed by atoms with E-state index in [9.17, 15) is 9.59 Å². The number of halogens is 1. The molecule has 0 radical (unpaired) electrons. The Morgan fingerprint density at radius 1 is 0.923 bits per heavy atom. The lowest BCUT2D eigenvalue weighted by Crippen LogP contribution is -2.14. The van der Waals surface area contributed by atoms with E-state index in [4.69, 9.17) is 11.6 Å². The van der Waals surface area contributed by atoms with Crippen LogP contribution < -0.4 is 10.6 Å². The van der Waals surface area contributed by atoms with Crippen LogP contribution in [0.5, 0.6) is 0 Å². The highest BCUT2D eigenvalue weighted by Gasteiger charge is 2.14. The molecule has 2 amide bonds. The Bertz CT molecular complexity index is 948. The van der Waals surface area contributed by atoms with E-state index in [0.717, 1.165) is 10.4 Å². The van der Waals surface area contributed by atoms with Gasteiger partial charge in [-0.15, -0.1) is 11.3 Å². The standard InChI is InChI=1S/C20H17ClN2O2S/c1-12-10-18(26-13(12)2)20(25)23-17-11-14(8-9-16(17)21)19(24)22-15-6-4-3-5-7-15/h3-11H,1-2H3,(H,22,24)(H,23,25). The number of nitrogens with one attached hydrogen (secondary N) is 2. The zero-order valence-electron chi connectivity index (χ0n) is 14.3. The fraction of sp³-hybridized carbons (Fsp3) is 0.100. The van der Waals surface area contributed by atoms with E-state index in [1.54, 1.807) is 30.3 Å². The van der Waals surface area contributed by atoms with E-state index in [1.807, 2.05) is 38.1 Å². The smallest absolute Gasteiger partial charge is 0.265 e. The minimum absolute atomic E-state index is 0.242. The molecule has 26 heavy (non-hydrogen) atoms. The van der Waals surface area contributed by atoms with Crippen LogP contribution in [0.4, 0.5) is 11.4 Å². The lowest BCUT2D eigenvalue weighted by atomic mass is 10.1. The average molecular weight is 385 g/mol. The van der Waals surface area contributed by atoms with Crippen molar-refractivity contribution in [1.29, 1.82) is 0 Å². The van der Waals surface area contributed by atoms with Crippen molar-refractivity contribution in [1.82, 2.24) is 0 Å². The molecule has 3 aromatic rings. The zero-order chi connectivity index (χ0) is 18.7. The number of rotatable bonds is 4. The highest BCUT2D eigenvalue weighted by molar-refractivity contribution is 7.14. The Morgan fingerprint density at radius 3 is 2.31 bits per heavy atom. The van der Waals surface area contributed by atoms with Crippen molar-refractivity contribution in [2.45, 2.75) is 13.8 Å². The zero-order valence-corrected chi connectivity index (χ0v) is 15.9. The van der Waals surface area contributed by atoms with Gasteiger partial charge < -0.3 is 10.6 Å². The number of para-hydroxylation sites is 1. The Hall–Kier alpha value is -2.63. The Balaban J connectivity index is 1.79. The molecule has 1 aromatic heterocycles. The molecule has 0 atom stereocenters. The van der Waals surface area contributed by atoms with Gasteiger partial charge in [0.2, 0.25) is 0 Å². The molecule has 0 spiro atoms. The number of anilines is 2. The fourth-order valence-corrected chi connectivity index (χ4v) is 3.45. The predicted molar refractivity (Wildman–Crippen MR) is 108 cm³/mol. The topological polar surface area (TPSA) is 58.2 Å². The summed E-state index contributed by atoms with van der Waals surface area (Å²) in [6, 6.07) is 15.8. The van der Waals surface area contributed by atoms with E-state index >= 15 is 0 Å². The van der Waals surface area contributed by atoms with Gasteiger partial charge in [-0.1, -0.05) is 29.8 Å². The number of carbonyl (C=O) groups excluding carboxylic acids is 2. The van der Waals surface area contributed by atoms with E-state index in [2.05, 4.69) is 10.6 Å². The summed E-state index contributed by atoms with van der Waals surface area (Å²) in [5.74, 6) is -0.514. The Kier molecular flexibility index (Phi) is 5.40. The molecule has 0 bridgehead atoms. The van der Waals surface area contributed by atoms with Crippen molar-refractivity contribution in [2.75, 3.05) is 10.6 Å². The first kappa shape index (κ1) is 18.2. The average Bonchev–Trinajstić information content (AvgIpc) is 2.97. The van der Waals surface area contributed by atoms with E-state index in [-0.39, 0.29) is 11.8 Å². The van der Waals surface area contributed by atoms with Crippen LogP contribution >= 0.6 is 22.9 Å². The highest BCUT2D eigenvalue weighted by Crippen LogP contribution is 2.26. The lowest BCUT2D eigenvalue weighted by Gasteiger charge is -2.09. The van der Waals surface area contributed by atoms with Gasteiger partial charge in [0.1, 0.15) is 0 Å². The van der Waals surface area contributed by atoms with Gasteiger partial charge in [0.25, 0.3) is 11.8 Å². The first-order valence-corrected chi connectivity index (χ1v) is 9.18. The number of hydrogen-bond donors (Lipinski definition) is 2. The summed E-state index contributed by atoms with van der Waals surface area (Å²) < 4.78 is 0. The van der Waals surface area contributed by atoms with Crippen molar-refractivity contribution in [2.24, 2.45) is 0 Å². The van der Waals surface area contributed by atoms with Crippen LogP contribution in [-0.2, 0) is 0 Å². The van der Waals surface area contributed by atoms with Crippen LogP contribution in [0.3, 0.4) is 0 Å². The van der Waals surface area contributed by atoms with Gasteiger partial charge in [-0.3, -0.25) is 9.59 Å². The molecule has 4 nitrogen and oxygen atoms in total. The summed E-state index contributed by atoms with van der Waals surface area (Å²) in [6.45, 7) is 3.93. The molecular weight excluding hydrogens is 368 g/mol. The third-order valence-electron chi connectivity index (χ3n) is 3.90. The number of benzene rings is 2. The highest BCUT2D eigenvalue weighted by atomic mass is 35.5. The van der Waals surface area contributed by atoms with Crippen molar-refractivity contribution in [3.05, 3.63) is 80.5 Å². The first-order valence-electron chi connectivity index (χ1n) is 7.98. The molecule has 0 aliphatic heterocycles. The molecule has 0 fully saturated rings. The third kappa shape index (κ3) is 4.12. The largest absolute Gasteiger partial charge is 0.322 e. The minimum atomic E-state index is -0.272. The second-order valence-corrected chi connectivity index (χ2v) is 7.48. The summed E-state index contributed by atoms with van der Waals surface area (Å²) in [5, 5.41) is 5.97.